The van der Waals surface area contributed by atoms with Gasteiger partial charge in [0.15, 0.2) is 5.78 Å². The summed E-state index contributed by atoms with van der Waals surface area (Å²) >= 11 is 0. The van der Waals surface area contributed by atoms with Crippen LogP contribution < -0.4 is 0 Å². The van der Waals surface area contributed by atoms with Gasteiger partial charge in [0.1, 0.15) is 5.60 Å². The first-order valence-electron chi connectivity index (χ1n) is 9.04. The quantitative estimate of drug-likeness (QED) is 0.691. The molecule has 23 heavy (non-hydrogen) atoms. The van der Waals surface area contributed by atoms with Crippen molar-refractivity contribution in [2.24, 2.45) is 23.2 Å². The van der Waals surface area contributed by atoms with Crippen LogP contribution >= 0.6 is 0 Å². The summed E-state index contributed by atoms with van der Waals surface area (Å²) in [6, 6.07) is 0. The van der Waals surface area contributed by atoms with Crippen molar-refractivity contribution in [2.45, 2.75) is 64.4 Å². The molecule has 0 amide bonds. The molecule has 0 radical (unpaired) electrons. The zero-order valence-electron chi connectivity index (χ0n) is 14.2. The van der Waals surface area contributed by atoms with Crippen LogP contribution in [0, 0.1) is 35.5 Å². The SMILES string of the molecule is C#CC1(O)CCC2C3CC4CCC(=O)C=C4C(C)=C3CCC21C. The van der Waals surface area contributed by atoms with Crippen molar-refractivity contribution < 1.29 is 9.90 Å². The molecule has 2 heteroatoms. The Labute approximate surface area is 139 Å². The molecular weight excluding hydrogens is 284 g/mol. The fourth-order valence-electron chi connectivity index (χ4n) is 6.13. The van der Waals surface area contributed by atoms with Crippen LogP contribution in [0.1, 0.15) is 58.8 Å². The maximum Gasteiger partial charge on any atom is 0.156 e. The Balaban J connectivity index is 1.77. The molecule has 0 bridgehead atoms. The predicted octanol–water partition coefficient (Wildman–Crippen LogP) is 3.80. The van der Waals surface area contributed by atoms with E-state index in [4.69, 9.17) is 6.42 Å². The number of allylic oxidation sites excluding steroid dienone is 4. The molecule has 4 aliphatic carbocycles. The van der Waals surface area contributed by atoms with E-state index in [1.54, 1.807) is 5.57 Å². The average molecular weight is 310 g/mol. The van der Waals surface area contributed by atoms with E-state index in [2.05, 4.69) is 19.8 Å². The van der Waals surface area contributed by atoms with Crippen molar-refractivity contribution in [3.8, 4) is 12.3 Å². The van der Waals surface area contributed by atoms with Crippen LogP contribution in [0.25, 0.3) is 0 Å². The Kier molecular flexibility index (Phi) is 3.20. The van der Waals surface area contributed by atoms with Crippen molar-refractivity contribution in [1.82, 2.24) is 0 Å². The zero-order chi connectivity index (χ0) is 16.4. The summed E-state index contributed by atoms with van der Waals surface area (Å²) in [4.78, 5) is 11.8. The number of terminal acetylenes is 1. The van der Waals surface area contributed by atoms with Crippen LogP contribution in [0.5, 0.6) is 0 Å². The Morgan fingerprint density at radius 3 is 2.83 bits per heavy atom. The lowest BCUT2D eigenvalue weighted by Crippen LogP contribution is -2.49. The van der Waals surface area contributed by atoms with Crippen molar-refractivity contribution in [2.75, 3.05) is 0 Å². The van der Waals surface area contributed by atoms with Gasteiger partial charge in [-0.1, -0.05) is 18.4 Å². The van der Waals surface area contributed by atoms with E-state index in [0.29, 0.717) is 24.2 Å². The monoisotopic (exact) mass is 310 g/mol. The van der Waals surface area contributed by atoms with Gasteiger partial charge in [-0.2, -0.15) is 0 Å². The lowest BCUT2D eigenvalue weighted by Gasteiger charge is -2.51. The van der Waals surface area contributed by atoms with Gasteiger partial charge >= 0.3 is 0 Å². The molecule has 0 aliphatic heterocycles. The summed E-state index contributed by atoms with van der Waals surface area (Å²) in [7, 11) is 0. The van der Waals surface area contributed by atoms with Crippen LogP contribution in [-0.4, -0.2) is 16.5 Å². The van der Waals surface area contributed by atoms with E-state index in [9.17, 15) is 9.90 Å². The maximum atomic E-state index is 11.8. The third kappa shape index (κ3) is 1.89. The topological polar surface area (TPSA) is 37.3 Å². The molecule has 5 unspecified atom stereocenters. The molecule has 2 fully saturated rings. The molecule has 4 aliphatic rings. The van der Waals surface area contributed by atoms with Crippen LogP contribution in [0.15, 0.2) is 22.8 Å². The lowest BCUT2D eigenvalue weighted by molar-refractivity contribution is -0.115. The van der Waals surface area contributed by atoms with Gasteiger partial charge in [0.2, 0.25) is 0 Å². The van der Waals surface area contributed by atoms with Gasteiger partial charge in [-0.3, -0.25) is 4.79 Å². The van der Waals surface area contributed by atoms with E-state index in [-0.39, 0.29) is 11.2 Å². The molecule has 5 atom stereocenters. The van der Waals surface area contributed by atoms with Gasteiger partial charge in [-0.15, -0.1) is 6.42 Å². The number of ketones is 1. The smallest absolute Gasteiger partial charge is 0.156 e. The minimum Gasteiger partial charge on any atom is -0.377 e. The molecule has 2 saturated carbocycles. The summed E-state index contributed by atoms with van der Waals surface area (Å²) < 4.78 is 0. The van der Waals surface area contributed by atoms with Crippen LogP contribution in [0.4, 0.5) is 0 Å². The molecule has 1 N–H and O–H groups in total. The van der Waals surface area contributed by atoms with Gasteiger partial charge in [0.05, 0.1) is 0 Å². The van der Waals surface area contributed by atoms with Gasteiger partial charge in [-0.05, 0) is 80.4 Å². The first-order valence-corrected chi connectivity index (χ1v) is 9.04. The van der Waals surface area contributed by atoms with Crippen molar-refractivity contribution >= 4 is 5.78 Å². The third-order valence-electron chi connectivity index (χ3n) is 7.61. The first-order chi connectivity index (χ1) is 10.9. The number of hydrogen-bond donors (Lipinski definition) is 1. The fraction of sp³-hybridized carbons (Fsp3) is 0.667. The van der Waals surface area contributed by atoms with Gasteiger partial charge in [0, 0.05) is 11.8 Å². The molecule has 0 aromatic rings. The molecule has 4 rings (SSSR count). The van der Waals surface area contributed by atoms with Crippen molar-refractivity contribution in [3.05, 3.63) is 22.8 Å². The highest BCUT2D eigenvalue weighted by Crippen LogP contribution is 2.63. The largest absolute Gasteiger partial charge is 0.377 e. The van der Waals surface area contributed by atoms with Crippen LogP contribution in [-0.2, 0) is 4.79 Å². The predicted molar refractivity (Wildman–Crippen MR) is 90.5 cm³/mol. The second-order valence-corrected chi connectivity index (χ2v) is 8.36. The van der Waals surface area contributed by atoms with E-state index in [1.807, 2.05) is 6.08 Å². The van der Waals surface area contributed by atoms with Crippen molar-refractivity contribution in [1.29, 1.82) is 0 Å². The summed E-state index contributed by atoms with van der Waals surface area (Å²) in [6.07, 6.45) is 14.2. The summed E-state index contributed by atoms with van der Waals surface area (Å²) in [5.41, 5.74) is 3.14. The number of carbonyl (C=O) groups is 1. The minimum absolute atomic E-state index is 0.151. The Morgan fingerprint density at radius 1 is 1.30 bits per heavy atom. The summed E-state index contributed by atoms with van der Waals surface area (Å²) in [5.74, 6) is 4.59. The highest BCUT2D eigenvalue weighted by molar-refractivity contribution is 5.92. The van der Waals surface area contributed by atoms with Crippen molar-refractivity contribution in [3.63, 3.8) is 0 Å². The number of rotatable bonds is 0. The second-order valence-electron chi connectivity index (χ2n) is 8.36. The Hall–Kier alpha value is -1.33. The van der Waals surface area contributed by atoms with E-state index in [1.165, 1.54) is 11.1 Å². The highest BCUT2D eigenvalue weighted by atomic mass is 16.3. The van der Waals surface area contributed by atoms with Gasteiger partial charge in [0.25, 0.3) is 0 Å². The molecule has 0 aromatic carbocycles. The van der Waals surface area contributed by atoms with E-state index < -0.39 is 5.60 Å². The number of hydrogen-bond acceptors (Lipinski definition) is 2. The summed E-state index contributed by atoms with van der Waals surface area (Å²) in [5, 5.41) is 11.0. The van der Waals surface area contributed by atoms with E-state index >= 15 is 0 Å². The fourth-order valence-corrected chi connectivity index (χ4v) is 6.13. The third-order valence-corrected chi connectivity index (χ3v) is 7.61. The lowest BCUT2D eigenvalue weighted by atomic mass is 9.54. The molecule has 0 spiro atoms. The molecule has 122 valence electrons. The van der Waals surface area contributed by atoms with E-state index in [0.717, 1.165) is 38.5 Å². The van der Waals surface area contributed by atoms with Gasteiger partial charge in [-0.25, -0.2) is 0 Å². The molecule has 0 heterocycles. The van der Waals surface area contributed by atoms with Crippen LogP contribution in [0.2, 0.25) is 0 Å². The number of aliphatic hydroxyl groups is 1. The standard InChI is InChI=1S/C21H26O2/c1-4-21(23)10-8-19-18-11-14-5-6-15(22)12-17(14)13(2)16(18)7-9-20(19,21)3/h1,12,14,18-19,23H,5-11H2,2-3H3. The minimum atomic E-state index is -0.935. The van der Waals surface area contributed by atoms with Gasteiger partial charge < -0.3 is 5.11 Å². The maximum absolute atomic E-state index is 11.8. The number of fused-ring (bicyclic) bond motifs is 4. The number of carbonyl (C=O) groups excluding carboxylic acids is 1. The Morgan fingerprint density at radius 2 is 2.09 bits per heavy atom. The zero-order valence-corrected chi connectivity index (χ0v) is 14.2. The second kappa shape index (κ2) is 4.84. The molecule has 0 saturated heterocycles. The first kappa shape index (κ1) is 15.2. The van der Waals surface area contributed by atoms with Crippen LogP contribution in [0.3, 0.4) is 0 Å². The molecular formula is C21H26O2. The Bertz CT molecular complexity index is 676. The molecule has 0 aromatic heterocycles. The highest BCUT2D eigenvalue weighted by Gasteiger charge is 2.60. The normalized spacial score (nSPS) is 45.7. The molecule has 2 nitrogen and oxygen atoms in total. The average Bonchev–Trinajstić information content (AvgIpc) is 2.81. The summed E-state index contributed by atoms with van der Waals surface area (Å²) in [6.45, 7) is 4.43.